The Hall–Kier alpha value is -1.81. The van der Waals surface area contributed by atoms with Crippen molar-refractivity contribution in [3.05, 3.63) is 36.0 Å². The molecule has 2 N–H and O–H groups in total. The van der Waals surface area contributed by atoms with Crippen molar-refractivity contribution >= 4 is 16.8 Å². The second kappa shape index (κ2) is 5.69. The number of hydrogen-bond acceptors (Lipinski definition) is 2. The van der Waals surface area contributed by atoms with Crippen LogP contribution in [0.2, 0.25) is 0 Å². The number of amides is 1. The third-order valence-corrected chi connectivity index (χ3v) is 3.02. The number of benzene rings is 1. The molecular weight excluding hydrogens is 228 g/mol. The van der Waals surface area contributed by atoms with Crippen molar-refractivity contribution < 1.29 is 9.90 Å². The topological polar surface area (TPSA) is 54.3 Å². The van der Waals surface area contributed by atoms with Crippen LogP contribution >= 0.6 is 0 Å². The van der Waals surface area contributed by atoms with Crippen LogP contribution in [-0.2, 0) is 18.4 Å². The van der Waals surface area contributed by atoms with E-state index in [4.69, 9.17) is 5.11 Å². The van der Waals surface area contributed by atoms with Crippen LogP contribution in [0, 0.1) is 0 Å². The van der Waals surface area contributed by atoms with E-state index in [2.05, 4.69) is 22.0 Å². The van der Waals surface area contributed by atoms with Gasteiger partial charge in [-0.15, -0.1) is 0 Å². The van der Waals surface area contributed by atoms with Crippen molar-refractivity contribution in [1.82, 2.24) is 9.88 Å². The summed E-state index contributed by atoms with van der Waals surface area (Å²) in [5.41, 5.74) is 2.28. The van der Waals surface area contributed by atoms with E-state index in [0.29, 0.717) is 19.4 Å². The summed E-state index contributed by atoms with van der Waals surface area (Å²) in [5.74, 6) is -0.0167. The van der Waals surface area contributed by atoms with Crippen LogP contribution in [0.25, 0.3) is 10.9 Å². The zero-order chi connectivity index (χ0) is 13.0. The van der Waals surface area contributed by atoms with Crippen LogP contribution in [0.1, 0.15) is 18.4 Å². The van der Waals surface area contributed by atoms with E-state index in [1.807, 2.05) is 25.4 Å². The number of aliphatic hydroxyl groups is 1. The molecule has 1 aromatic carbocycles. The summed E-state index contributed by atoms with van der Waals surface area (Å²) in [6, 6.07) is 8.13. The molecule has 18 heavy (non-hydrogen) atoms. The summed E-state index contributed by atoms with van der Waals surface area (Å²) in [6.07, 6.45) is 2.93. The van der Waals surface area contributed by atoms with Gasteiger partial charge in [0.1, 0.15) is 0 Å². The first-order valence-corrected chi connectivity index (χ1v) is 6.13. The Balaban J connectivity index is 2.06. The van der Waals surface area contributed by atoms with Gasteiger partial charge in [-0.3, -0.25) is 4.79 Å². The number of aliphatic hydroxyl groups excluding tert-OH is 1. The lowest BCUT2D eigenvalue weighted by Gasteiger charge is -2.03. The second-order valence-electron chi connectivity index (χ2n) is 4.39. The molecule has 4 heteroatoms. The molecule has 0 atom stereocenters. The Kier molecular flexibility index (Phi) is 3.99. The molecule has 0 aliphatic rings. The lowest BCUT2D eigenvalue weighted by atomic mass is 10.2. The zero-order valence-electron chi connectivity index (χ0n) is 10.5. The molecule has 1 heterocycles. The molecule has 2 rings (SSSR count). The molecule has 0 aliphatic heterocycles. The molecule has 0 saturated carbocycles. The maximum absolute atomic E-state index is 11.5. The summed E-state index contributed by atoms with van der Waals surface area (Å²) in [7, 11) is 2.00. The molecular formula is C14H18N2O2. The molecule has 0 fully saturated rings. The van der Waals surface area contributed by atoms with Crippen molar-refractivity contribution in [3.63, 3.8) is 0 Å². The lowest BCUT2D eigenvalue weighted by Crippen LogP contribution is -2.22. The van der Waals surface area contributed by atoms with Gasteiger partial charge in [-0.1, -0.05) is 18.2 Å². The maximum atomic E-state index is 11.5. The normalized spacial score (nSPS) is 10.8. The van der Waals surface area contributed by atoms with E-state index in [0.717, 1.165) is 11.1 Å². The van der Waals surface area contributed by atoms with E-state index < -0.39 is 0 Å². The number of hydrogen-bond donors (Lipinski definition) is 2. The zero-order valence-corrected chi connectivity index (χ0v) is 10.5. The van der Waals surface area contributed by atoms with Crippen LogP contribution in [0.5, 0.6) is 0 Å². The Morgan fingerprint density at radius 3 is 2.94 bits per heavy atom. The molecule has 2 aromatic rings. The number of aromatic nitrogens is 1. The van der Waals surface area contributed by atoms with E-state index >= 15 is 0 Å². The number of carbonyl (C=O) groups is 1. The third-order valence-electron chi connectivity index (χ3n) is 3.02. The molecule has 0 saturated heterocycles. The molecule has 0 unspecified atom stereocenters. The molecule has 0 radical (unpaired) electrons. The smallest absolute Gasteiger partial charge is 0.220 e. The maximum Gasteiger partial charge on any atom is 0.220 e. The van der Waals surface area contributed by atoms with E-state index in [1.165, 1.54) is 5.39 Å². The van der Waals surface area contributed by atoms with Crippen molar-refractivity contribution in [1.29, 1.82) is 0 Å². The van der Waals surface area contributed by atoms with Crippen LogP contribution in [-0.4, -0.2) is 22.2 Å². The molecule has 1 amide bonds. The first-order chi connectivity index (χ1) is 8.72. The van der Waals surface area contributed by atoms with Crippen LogP contribution in [0.3, 0.4) is 0 Å². The number of rotatable bonds is 5. The van der Waals surface area contributed by atoms with Crippen LogP contribution in [0.4, 0.5) is 0 Å². The monoisotopic (exact) mass is 246 g/mol. The van der Waals surface area contributed by atoms with Gasteiger partial charge in [0.25, 0.3) is 0 Å². The predicted molar refractivity (Wildman–Crippen MR) is 71.1 cm³/mol. The number of nitrogens with one attached hydrogen (secondary N) is 1. The second-order valence-corrected chi connectivity index (χ2v) is 4.39. The van der Waals surface area contributed by atoms with Gasteiger partial charge in [0.15, 0.2) is 0 Å². The number of para-hydroxylation sites is 1. The largest absolute Gasteiger partial charge is 0.396 e. The van der Waals surface area contributed by atoms with E-state index in [9.17, 15) is 4.79 Å². The first kappa shape index (κ1) is 12.6. The van der Waals surface area contributed by atoms with Crippen molar-refractivity contribution in [3.8, 4) is 0 Å². The Labute approximate surface area is 106 Å². The number of fused-ring (bicyclic) bond motifs is 1. The molecule has 96 valence electrons. The highest BCUT2D eigenvalue weighted by atomic mass is 16.3. The summed E-state index contributed by atoms with van der Waals surface area (Å²) in [5, 5.41) is 12.7. The van der Waals surface area contributed by atoms with Gasteiger partial charge in [0.05, 0.1) is 0 Å². The van der Waals surface area contributed by atoms with Gasteiger partial charge in [0.2, 0.25) is 5.91 Å². The van der Waals surface area contributed by atoms with Crippen molar-refractivity contribution in [2.45, 2.75) is 19.4 Å². The minimum Gasteiger partial charge on any atom is -0.396 e. The van der Waals surface area contributed by atoms with Gasteiger partial charge in [-0.2, -0.15) is 0 Å². The van der Waals surface area contributed by atoms with E-state index in [1.54, 1.807) is 0 Å². The van der Waals surface area contributed by atoms with Gasteiger partial charge < -0.3 is 15.0 Å². The van der Waals surface area contributed by atoms with Crippen LogP contribution in [0.15, 0.2) is 30.5 Å². The molecule has 1 aromatic heterocycles. The average Bonchev–Trinajstić information content (AvgIpc) is 2.71. The van der Waals surface area contributed by atoms with Gasteiger partial charge in [-0.25, -0.2) is 0 Å². The van der Waals surface area contributed by atoms with E-state index in [-0.39, 0.29) is 12.5 Å². The first-order valence-electron chi connectivity index (χ1n) is 6.13. The molecule has 0 aliphatic carbocycles. The summed E-state index contributed by atoms with van der Waals surface area (Å²) in [4.78, 5) is 11.5. The minimum atomic E-state index is -0.0167. The highest BCUT2D eigenvalue weighted by Crippen LogP contribution is 2.19. The fraction of sp³-hybridized carbons (Fsp3) is 0.357. The number of aryl methyl sites for hydroxylation is 1. The van der Waals surface area contributed by atoms with Gasteiger partial charge in [0, 0.05) is 43.7 Å². The lowest BCUT2D eigenvalue weighted by molar-refractivity contribution is -0.121. The summed E-state index contributed by atoms with van der Waals surface area (Å²) >= 11 is 0. The minimum absolute atomic E-state index is 0.0167. The summed E-state index contributed by atoms with van der Waals surface area (Å²) < 4.78 is 2.06. The highest BCUT2D eigenvalue weighted by Gasteiger charge is 2.07. The SMILES string of the molecule is Cn1cc(CNC(=O)CCCO)c2ccccc21. The Morgan fingerprint density at radius 1 is 1.39 bits per heavy atom. The van der Waals surface area contributed by atoms with Gasteiger partial charge in [-0.05, 0) is 18.1 Å². The Bertz CT molecular complexity index is 546. The molecule has 0 bridgehead atoms. The van der Waals surface area contributed by atoms with Crippen molar-refractivity contribution in [2.24, 2.45) is 7.05 Å². The number of nitrogens with zero attached hydrogens (tertiary/aromatic N) is 1. The molecule has 4 nitrogen and oxygen atoms in total. The average molecular weight is 246 g/mol. The number of carbonyl (C=O) groups excluding carboxylic acids is 1. The predicted octanol–water partition coefficient (Wildman–Crippen LogP) is 1.57. The Morgan fingerprint density at radius 2 is 2.17 bits per heavy atom. The van der Waals surface area contributed by atoms with Gasteiger partial charge >= 0.3 is 0 Å². The van der Waals surface area contributed by atoms with Crippen LogP contribution < -0.4 is 5.32 Å². The summed E-state index contributed by atoms with van der Waals surface area (Å²) in [6.45, 7) is 0.591. The quantitative estimate of drug-likeness (QED) is 0.841. The fourth-order valence-electron chi connectivity index (χ4n) is 2.09. The third kappa shape index (κ3) is 2.71. The molecule has 0 spiro atoms. The highest BCUT2D eigenvalue weighted by molar-refractivity contribution is 5.84. The van der Waals surface area contributed by atoms with Crippen molar-refractivity contribution in [2.75, 3.05) is 6.61 Å². The fourth-order valence-corrected chi connectivity index (χ4v) is 2.09. The standard InChI is InChI=1S/C14H18N2O2/c1-16-10-11(9-15-14(18)7-4-8-17)12-5-2-3-6-13(12)16/h2-3,5-6,10,17H,4,7-9H2,1H3,(H,15,18).